The Kier molecular flexibility index (Phi) is 3.34. The van der Waals surface area contributed by atoms with E-state index in [1.807, 2.05) is 0 Å². The molecule has 0 aromatic heterocycles. The SMILES string of the molecule is CC[C@@H](C)C(C)N1C(=O)CCC1C. The van der Waals surface area contributed by atoms with E-state index in [0.717, 1.165) is 19.3 Å². The van der Waals surface area contributed by atoms with E-state index in [1.54, 1.807) is 0 Å². The first kappa shape index (κ1) is 10.6. The maximum atomic E-state index is 11.6. The molecule has 3 atom stereocenters. The highest BCUT2D eigenvalue weighted by Gasteiger charge is 2.32. The van der Waals surface area contributed by atoms with E-state index in [-0.39, 0.29) is 0 Å². The zero-order valence-electron chi connectivity index (χ0n) is 9.21. The standard InChI is InChI=1S/C11H21NO/c1-5-8(2)10(4)12-9(3)6-7-11(12)13/h8-10H,5-7H2,1-4H3/t8-,9?,10?/m1/s1. The van der Waals surface area contributed by atoms with Crippen LogP contribution in [0.5, 0.6) is 0 Å². The lowest BCUT2D eigenvalue weighted by molar-refractivity contribution is -0.131. The maximum absolute atomic E-state index is 11.6. The molecule has 1 rings (SSSR count). The van der Waals surface area contributed by atoms with E-state index in [9.17, 15) is 4.79 Å². The molecule has 1 saturated heterocycles. The van der Waals surface area contributed by atoms with Crippen molar-refractivity contribution in [2.24, 2.45) is 5.92 Å². The molecule has 2 heteroatoms. The van der Waals surface area contributed by atoms with Crippen LogP contribution in [0.4, 0.5) is 0 Å². The number of hydrogen-bond acceptors (Lipinski definition) is 1. The van der Waals surface area contributed by atoms with Gasteiger partial charge in [-0.15, -0.1) is 0 Å². The van der Waals surface area contributed by atoms with Crippen LogP contribution >= 0.6 is 0 Å². The summed E-state index contributed by atoms with van der Waals surface area (Å²) in [6, 6.07) is 0.867. The number of likely N-dealkylation sites (tertiary alicyclic amines) is 1. The lowest BCUT2D eigenvalue weighted by atomic mass is 9.99. The van der Waals surface area contributed by atoms with Gasteiger partial charge in [0.15, 0.2) is 0 Å². The summed E-state index contributed by atoms with van der Waals surface area (Å²) in [4.78, 5) is 13.7. The molecule has 0 spiro atoms. The minimum Gasteiger partial charge on any atom is -0.337 e. The van der Waals surface area contributed by atoms with Crippen LogP contribution in [0.2, 0.25) is 0 Å². The lowest BCUT2D eigenvalue weighted by Gasteiger charge is -2.32. The number of carbonyl (C=O) groups is 1. The molecular formula is C11H21NO. The maximum Gasteiger partial charge on any atom is 0.223 e. The highest BCUT2D eigenvalue weighted by atomic mass is 16.2. The van der Waals surface area contributed by atoms with Crippen molar-refractivity contribution in [2.45, 2.75) is 59.0 Å². The quantitative estimate of drug-likeness (QED) is 0.658. The fourth-order valence-electron chi connectivity index (χ4n) is 2.09. The third-order valence-corrected chi connectivity index (χ3v) is 3.45. The molecule has 2 nitrogen and oxygen atoms in total. The van der Waals surface area contributed by atoms with E-state index in [4.69, 9.17) is 0 Å². The van der Waals surface area contributed by atoms with Crippen molar-refractivity contribution in [1.82, 2.24) is 4.90 Å². The second-order valence-corrected chi connectivity index (χ2v) is 4.31. The third kappa shape index (κ3) is 2.04. The van der Waals surface area contributed by atoms with Gasteiger partial charge < -0.3 is 4.90 Å². The average molecular weight is 183 g/mol. The predicted octanol–water partition coefficient (Wildman–Crippen LogP) is 2.43. The summed E-state index contributed by atoms with van der Waals surface area (Å²) < 4.78 is 0. The Morgan fingerprint density at radius 3 is 2.54 bits per heavy atom. The fourth-order valence-corrected chi connectivity index (χ4v) is 2.09. The highest BCUT2D eigenvalue weighted by Crippen LogP contribution is 2.25. The molecule has 1 heterocycles. The van der Waals surface area contributed by atoms with Crippen LogP contribution in [0, 0.1) is 5.92 Å². The van der Waals surface area contributed by atoms with Crippen molar-refractivity contribution < 1.29 is 4.79 Å². The van der Waals surface area contributed by atoms with Crippen LogP contribution in [0.1, 0.15) is 47.0 Å². The molecule has 1 amide bonds. The third-order valence-electron chi connectivity index (χ3n) is 3.45. The van der Waals surface area contributed by atoms with Crippen molar-refractivity contribution in [3.63, 3.8) is 0 Å². The number of carbonyl (C=O) groups excluding carboxylic acids is 1. The molecule has 13 heavy (non-hydrogen) atoms. The Balaban J connectivity index is 2.63. The summed E-state index contributed by atoms with van der Waals surface area (Å²) in [6.07, 6.45) is 2.94. The van der Waals surface area contributed by atoms with Crippen molar-refractivity contribution in [3.8, 4) is 0 Å². The van der Waals surface area contributed by atoms with Gasteiger partial charge in [0.2, 0.25) is 5.91 Å². The van der Waals surface area contributed by atoms with Crippen molar-refractivity contribution in [1.29, 1.82) is 0 Å². The van der Waals surface area contributed by atoms with Crippen molar-refractivity contribution >= 4 is 5.91 Å². The van der Waals surface area contributed by atoms with Crippen LogP contribution in [0.3, 0.4) is 0 Å². The van der Waals surface area contributed by atoms with Gasteiger partial charge in [0.05, 0.1) is 0 Å². The molecule has 76 valence electrons. The van der Waals surface area contributed by atoms with E-state index < -0.39 is 0 Å². The summed E-state index contributed by atoms with van der Waals surface area (Å²) in [5, 5.41) is 0. The molecule has 0 saturated carbocycles. The molecule has 0 bridgehead atoms. The van der Waals surface area contributed by atoms with Crippen molar-refractivity contribution in [3.05, 3.63) is 0 Å². The number of hydrogen-bond donors (Lipinski definition) is 0. The van der Waals surface area contributed by atoms with Crippen LogP contribution in [0.15, 0.2) is 0 Å². The predicted molar refractivity (Wildman–Crippen MR) is 54.5 cm³/mol. The van der Waals surface area contributed by atoms with Gasteiger partial charge in [0.1, 0.15) is 0 Å². The smallest absolute Gasteiger partial charge is 0.223 e. The lowest BCUT2D eigenvalue weighted by Crippen LogP contribution is -2.42. The first-order chi connectivity index (χ1) is 6.07. The Hall–Kier alpha value is -0.530. The van der Waals surface area contributed by atoms with Gasteiger partial charge in [0.25, 0.3) is 0 Å². The van der Waals surface area contributed by atoms with Gasteiger partial charge in [-0.2, -0.15) is 0 Å². The fraction of sp³-hybridized carbons (Fsp3) is 0.909. The van der Waals surface area contributed by atoms with E-state index in [2.05, 4.69) is 32.6 Å². The van der Waals surface area contributed by atoms with E-state index in [0.29, 0.717) is 23.9 Å². The van der Waals surface area contributed by atoms with Crippen LogP contribution in [-0.2, 0) is 4.79 Å². The van der Waals surface area contributed by atoms with Crippen molar-refractivity contribution in [2.75, 3.05) is 0 Å². The van der Waals surface area contributed by atoms with E-state index >= 15 is 0 Å². The van der Waals surface area contributed by atoms with Gasteiger partial charge in [-0.3, -0.25) is 4.79 Å². The Morgan fingerprint density at radius 1 is 1.54 bits per heavy atom. The Bertz CT molecular complexity index is 191. The first-order valence-electron chi connectivity index (χ1n) is 5.39. The van der Waals surface area contributed by atoms with Gasteiger partial charge >= 0.3 is 0 Å². The monoisotopic (exact) mass is 183 g/mol. The average Bonchev–Trinajstić information content (AvgIpc) is 2.44. The molecule has 0 aromatic rings. The van der Waals surface area contributed by atoms with E-state index in [1.165, 1.54) is 0 Å². The zero-order valence-corrected chi connectivity index (χ0v) is 9.21. The van der Waals surface area contributed by atoms with Gasteiger partial charge in [-0.05, 0) is 26.2 Å². The first-order valence-corrected chi connectivity index (χ1v) is 5.39. The van der Waals surface area contributed by atoms with Gasteiger partial charge in [-0.25, -0.2) is 0 Å². The molecular weight excluding hydrogens is 162 g/mol. The summed E-state index contributed by atoms with van der Waals surface area (Å²) in [7, 11) is 0. The molecule has 0 N–H and O–H groups in total. The Labute approximate surface area is 81.3 Å². The molecule has 2 unspecified atom stereocenters. The minimum atomic E-state index is 0.348. The minimum absolute atomic E-state index is 0.348. The summed E-state index contributed by atoms with van der Waals surface area (Å²) in [5.41, 5.74) is 0. The number of nitrogens with zero attached hydrogens (tertiary/aromatic N) is 1. The van der Waals surface area contributed by atoms with Gasteiger partial charge in [-0.1, -0.05) is 20.3 Å². The largest absolute Gasteiger partial charge is 0.337 e. The Morgan fingerprint density at radius 2 is 2.15 bits per heavy atom. The van der Waals surface area contributed by atoms with Gasteiger partial charge in [0, 0.05) is 18.5 Å². The normalized spacial score (nSPS) is 27.8. The second kappa shape index (κ2) is 4.12. The topological polar surface area (TPSA) is 20.3 Å². The molecule has 0 aliphatic carbocycles. The zero-order chi connectivity index (χ0) is 10.0. The molecule has 0 aromatic carbocycles. The summed E-state index contributed by atoms with van der Waals surface area (Å²) >= 11 is 0. The molecule has 1 aliphatic heterocycles. The highest BCUT2D eigenvalue weighted by molar-refractivity contribution is 5.79. The number of amides is 1. The summed E-state index contributed by atoms with van der Waals surface area (Å²) in [6.45, 7) is 8.74. The number of rotatable bonds is 3. The molecule has 0 radical (unpaired) electrons. The van der Waals surface area contributed by atoms with Crippen LogP contribution in [0.25, 0.3) is 0 Å². The molecule has 1 fully saturated rings. The second-order valence-electron chi connectivity index (χ2n) is 4.31. The molecule has 1 aliphatic rings. The van der Waals surface area contributed by atoms with Crippen LogP contribution < -0.4 is 0 Å². The summed E-state index contributed by atoms with van der Waals surface area (Å²) in [5.74, 6) is 0.963. The van der Waals surface area contributed by atoms with Crippen LogP contribution in [-0.4, -0.2) is 22.9 Å².